The molecule has 198 valence electrons. The molecule has 13 heteroatoms. The average Bonchev–Trinajstić information content (AvgIpc) is 3.66. The van der Waals surface area contributed by atoms with Crippen LogP contribution in [0.3, 0.4) is 0 Å². The molecular formula is C27H21N8O3PS. The van der Waals surface area contributed by atoms with Gasteiger partial charge >= 0.3 is 0 Å². The molecule has 6 aromatic rings. The van der Waals surface area contributed by atoms with Crippen molar-refractivity contribution in [2.45, 2.75) is 16.3 Å². The second-order valence-electron chi connectivity index (χ2n) is 8.69. The van der Waals surface area contributed by atoms with E-state index < -0.39 is 15.7 Å². The molecule has 0 radical (unpaired) electrons. The normalized spacial score (nSPS) is 11.7. The molecule has 6 rings (SSSR count). The average molecular weight is 569 g/mol. The number of hydrogen-bond acceptors (Lipinski definition) is 9. The van der Waals surface area contributed by atoms with E-state index in [1.54, 1.807) is 28.8 Å². The zero-order chi connectivity index (χ0) is 27.7. The smallest absolute Gasteiger partial charge is 0.253 e. The Kier molecular flexibility index (Phi) is 6.54. The third-order valence-corrected chi connectivity index (χ3v) is 9.24. The number of fused-ring (bicyclic) bond motifs is 1. The van der Waals surface area contributed by atoms with Crippen LogP contribution in [0.25, 0.3) is 28.0 Å². The molecule has 0 bridgehead atoms. The molecule has 0 saturated heterocycles. The van der Waals surface area contributed by atoms with Crippen molar-refractivity contribution in [3.8, 4) is 22.5 Å². The number of pyridine rings is 1. The molecular weight excluding hydrogens is 547 g/mol. The summed E-state index contributed by atoms with van der Waals surface area (Å²) in [6.07, 6.45) is 7.85. The van der Waals surface area contributed by atoms with Crippen molar-refractivity contribution in [1.29, 1.82) is 0 Å². The quantitative estimate of drug-likeness (QED) is 0.278. The maximum absolute atomic E-state index is 13.4. The lowest BCUT2D eigenvalue weighted by Gasteiger charge is -2.12. The standard InChI is InChI=1S/C27H21N8O3PS/c28-25(36)24-21(8-12-39-24)40(37,38)19-13-18(14-29-15-19)26-33-27(32-16-22-30-9-4-10-31-22)23-20(7-11-35(23)34-26)17-5-2-1-3-6-17/h1-15,39H,16H2,(H2,28,36)(H,32,33,34). The van der Waals surface area contributed by atoms with E-state index in [1.165, 1.54) is 24.5 Å². The Morgan fingerprint density at radius 1 is 1.00 bits per heavy atom. The van der Waals surface area contributed by atoms with Crippen LogP contribution in [0.4, 0.5) is 5.82 Å². The molecule has 0 aliphatic rings. The highest BCUT2D eigenvalue weighted by atomic mass is 32.2. The number of primary amides is 1. The van der Waals surface area contributed by atoms with Gasteiger partial charge in [0.1, 0.15) is 11.3 Å². The topological polar surface area (TPSA) is 158 Å². The van der Waals surface area contributed by atoms with E-state index in [4.69, 9.17) is 10.7 Å². The highest BCUT2D eigenvalue weighted by molar-refractivity contribution is 7.91. The van der Waals surface area contributed by atoms with Gasteiger partial charge in [-0.3, -0.25) is 9.78 Å². The first-order valence-electron chi connectivity index (χ1n) is 12.0. The maximum atomic E-state index is 13.4. The second-order valence-corrected chi connectivity index (χ2v) is 11.7. The Hall–Kier alpha value is -4.93. The maximum Gasteiger partial charge on any atom is 0.253 e. The fourth-order valence-electron chi connectivity index (χ4n) is 4.29. The number of aromatic nitrogens is 6. The number of nitrogens with one attached hydrogen (secondary N) is 1. The van der Waals surface area contributed by atoms with E-state index in [9.17, 15) is 13.2 Å². The minimum Gasteiger partial charge on any atom is -0.365 e. The van der Waals surface area contributed by atoms with Gasteiger partial charge in [-0.15, -0.1) is 13.3 Å². The molecule has 3 N–H and O–H groups in total. The highest BCUT2D eigenvalue weighted by Gasteiger charge is 2.25. The zero-order valence-electron chi connectivity index (χ0n) is 20.8. The van der Waals surface area contributed by atoms with E-state index >= 15 is 0 Å². The van der Waals surface area contributed by atoms with Crippen LogP contribution < -0.4 is 11.1 Å². The summed E-state index contributed by atoms with van der Waals surface area (Å²) in [6.45, 7) is 0.302. The van der Waals surface area contributed by atoms with E-state index in [1.807, 2.05) is 42.6 Å². The predicted octanol–water partition coefficient (Wildman–Crippen LogP) is 3.82. The van der Waals surface area contributed by atoms with Crippen molar-refractivity contribution >= 4 is 35.3 Å². The molecule has 0 fully saturated rings. The van der Waals surface area contributed by atoms with Gasteiger partial charge in [-0.1, -0.05) is 30.3 Å². The van der Waals surface area contributed by atoms with Gasteiger partial charge in [-0.2, -0.15) is 0 Å². The fraction of sp³-hybridized carbons (Fsp3) is 0.0370. The molecule has 0 spiro atoms. The zero-order valence-corrected chi connectivity index (χ0v) is 22.6. The van der Waals surface area contributed by atoms with Crippen molar-refractivity contribution in [2.75, 3.05) is 5.32 Å². The van der Waals surface area contributed by atoms with E-state index in [0.29, 0.717) is 23.8 Å². The molecule has 1 aromatic carbocycles. The molecule has 11 nitrogen and oxygen atoms in total. The van der Waals surface area contributed by atoms with Crippen LogP contribution in [-0.4, -0.2) is 43.9 Å². The third-order valence-electron chi connectivity index (χ3n) is 6.16. The van der Waals surface area contributed by atoms with Crippen LogP contribution in [0.2, 0.25) is 0 Å². The van der Waals surface area contributed by atoms with Crippen LogP contribution in [0.1, 0.15) is 15.9 Å². The van der Waals surface area contributed by atoms with Crippen molar-refractivity contribution < 1.29 is 13.2 Å². The summed E-state index contributed by atoms with van der Waals surface area (Å²) in [5.74, 6) is 2.18. The van der Waals surface area contributed by atoms with Gasteiger partial charge in [0, 0.05) is 42.1 Å². The summed E-state index contributed by atoms with van der Waals surface area (Å²) in [7, 11) is -4.16. The van der Waals surface area contributed by atoms with E-state index in [0.717, 1.165) is 16.6 Å². The molecule has 1 unspecified atom stereocenters. The van der Waals surface area contributed by atoms with Crippen LogP contribution in [0, 0.1) is 0 Å². The predicted molar refractivity (Wildman–Crippen MR) is 151 cm³/mol. The molecule has 1 atom stereocenters. The van der Waals surface area contributed by atoms with Gasteiger partial charge in [-0.05, 0) is 35.6 Å². The number of amides is 1. The Morgan fingerprint density at radius 3 is 2.58 bits per heavy atom. The number of benzene rings is 1. The first-order valence-corrected chi connectivity index (χ1v) is 14.6. The van der Waals surface area contributed by atoms with Gasteiger partial charge in [0.25, 0.3) is 5.91 Å². The summed E-state index contributed by atoms with van der Waals surface area (Å²) in [6, 6.07) is 16.4. The minimum absolute atomic E-state index is 0.0680. The van der Waals surface area contributed by atoms with Crippen LogP contribution in [0.15, 0.2) is 101 Å². The first-order chi connectivity index (χ1) is 19.4. The molecule has 5 aromatic heterocycles. The Balaban J connectivity index is 1.46. The summed E-state index contributed by atoms with van der Waals surface area (Å²) in [5.41, 5.74) is 8.43. The van der Waals surface area contributed by atoms with Crippen molar-refractivity contribution in [2.24, 2.45) is 5.73 Å². The fourth-order valence-corrected chi connectivity index (χ4v) is 7.13. The minimum atomic E-state index is -4.05. The van der Waals surface area contributed by atoms with Gasteiger partial charge in [-0.25, -0.2) is 27.9 Å². The largest absolute Gasteiger partial charge is 0.365 e. The highest BCUT2D eigenvalue weighted by Crippen LogP contribution is 2.33. The van der Waals surface area contributed by atoms with Crippen LogP contribution >= 0.6 is 8.19 Å². The molecule has 1 amide bonds. The number of nitrogens with zero attached hydrogens (tertiary/aromatic N) is 6. The first kappa shape index (κ1) is 25.4. The van der Waals surface area contributed by atoms with Crippen molar-refractivity contribution in [1.82, 2.24) is 29.5 Å². The molecule has 0 saturated carbocycles. The van der Waals surface area contributed by atoms with Gasteiger partial charge < -0.3 is 11.1 Å². The lowest BCUT2D eigenvalue weighted by Crippen LogP contribution is -2.14. The lowest BCUT2D eigenvalue weighted by atomic mass is 10.1. The number of hydrogen-bond donors (Lipinski definition) is 2. The van der Waals surface area contributed by atoms with E-state index in [2.05, 4.69) is 25.4 Å². The van der Waals surface area contributed by atoms with Gasteiger partial charge in [0.05, 0.1) is 21.6 Å². The summed E-state index contributed by atoms with van der Waals surface area (Å²) >= 11 is 0. The number of rotatable bonds is 8. The summed E-state index contributed by atoms with van der Waals surface area (Å²) < 4.78 is 28.5. The molecule has 0 aliphatic heterocycles. The monoisotopic (exact) mass is 568 g/mol. The van der Waals surface area contributed by atoms with Crippen LogP contribution in [0.5, 0.6) is 0 Å². The van der Waals surface area contributed by atoms with Gasteiger partial charge in [0.15, 0.2) is 11.6 Å². The molecule has 5 heterocycles. The summed E-state index contributed by atoms with van der Waals surface area (Å²) in [4.78, 5) is 29.1. The second kappa shape index (κ2) is 10.3. The number of anilines is 1. The SMILES string of the molecule is NC(=O)c1[pH]ccc1S(=O)(=O)c1cncc(-c2nc(NCc3ncccn3)c3c(-c4ccccc4)ccn3n2)c1. The number of carbonyl (C=O) groups is 1. The number of nitrogens with two attached hydrogens (primary N) is 1. The summed E-state index contributed by atoms with van der Waals surface area (Å²) in [5, 5.41) is 8.06. The molecule has 0 aliphatic carbocycles. The van der Waals surface area contributed by atoms with Crippen molar-refractivity contribution in [3.63, 3.8) is 0 Å². The Bertz CT molecular complexity index is 1960. The molecule has 40 heavy (non-hydrogen) atoms. The van der Waals surface area contributed by atoms with Gasteiger partial charge in [0.2, 0.25) is 9.84 Å². The van der Waals surface area contributed by atoms with Crippen molar-refractivity contribution in [3.05, 3.63) is 102 Å². The Labute approximate surface area is 230 Å². The third kappa shape index (κ3) is 4.70. The number of carbonyl (C=O) groups excluding carboxylic acids is 1. The lowest BCUT2D eigenvalue weighted by molar-refractivity contribution is 0.100. The van der Waals surface area contributed by atoms with E-state index in [-0.39, 0.29) is 29.1 Å². The van der Waals surface area contributed by atoms with Crippen LogP contribution in [-0.2, 0) is 16.4 Å². The number of sulfone groups is 1. The Morgan fingerprint density at radius 2 is 1.80 bits per heavy atom.